The maximum atomic E-state index is 12.3. The molecule has 1 heterocycles. The van der Waals surface area contributed by atoms with Gasteiger partial charge in [-0.1, -0.05) is 32.4 Å². The molecular weight excluding hydrogens is 458 g/mol. The van der Waals surface area contributed by atoms with Gasteiger partial charge in [0.15, 0.2) is 6.61 Å². The minimum Gasteiger partial charge on any atom is -0.455 e. The van der Waals surface area contributed by atoms with Gasteiger partial charge in [0.2, 0.25) is 15.9 Å². The van der Waals surface area contributed by atoms with Crippen LogP contribution in [0, 0.1) is 11.3 Å². The number of anilines is 1. The maximum Gasteiger partial charge on any atom is 0.309 e. The van der Waals surface area contributed by atoms with Crippen LogP contribution in [0.1, 0.15) is 33.6 Å². The normalized spacial score (nSPS) is 15.5. The third kappa shape index (κ3) is 6.43. The Morgan fingerprint density at radius 1 is 1.19 bits per heavy atom. The minimum atomic E-state index is -3.79. The molecule has 178 valence electrons. The number of piperidine rings is 1. The molecule has 0 spiro atoms. The van der Waals surface area contributed by atoms with Gasteiger partial charge < -0.3 is 15.0 Å². The van der Waals surface area contributed by atoms with E-state index < -0.39 is 33.9 Å². The first-order chi connectivity index (χ1) is 14.7. The molecule has 11 heteroatoms. The summed E-state index contributed by atoms with van der Waals surface area (Å²) in [6.45, 7) is 6.00. The van der Waals surface area contributed by atoms with E-state index in [1.54, 1.807) is 4.90 Å². The SMILES string of the molecule is CN(C)S(=O)(=O)c1cc(NC(=O)COC(=O)C2CCN(C(=O)C(C)(C)C)CC2)ccc1Cl. The lowest BCUT2D eigenvalue weighted by Crippen LogP contribution is -2.45. The van der Waals surface area contributed by atoms with E-state index in [-0.39, 0.29) is 27.4 Å². The molecule has 1 aliphatic rings. The van der Waals surface area contributed by atoms with Gasteiger partial charge in [-0.25, -0.2) is 12.7 Å². The van der Waals surface area contributed by atoms with Crippen LogP contribution in [0.25, 0.3) is 0 Å². The summed E-state index contributed by atoms with van der Waals surface area (Å²) in [5.74, 6) is -1.43. The molecule has 2 rings (SSSR count). The Morgan fingerprint density at radius 2 is 1.78 bits per heavy atom. The first-order valence-electron chi connectivity index (χ1n) is 10.2. The fraction of sp³-hybridized carbons (Fsp3) is 0.571. The van der Waals surface area contributed by atoms with Gasteiger partial charge >= 0.3 is 5.97 Å². The highest BCUT2D eigenvalue weighted by atomic mass is 35.5. The summed E-state index contributed by atoms with van der Waals surface area (Å²) in [4.78, 5) is 38.5. The Labute approximate surface area is 194 Å². The van der Waals surface area contributed by atoms with Crippen LogP contribution in [0.15, 0.2) is 23.1 Å². The van der Waals surface area contributed by atoms with Crippen LogP contribution >= 0.6 is 11.6 Å². The second kappa shape index (κ2) is 10.2. The molecule has 0 atom stereocenters. The van der Waals surface area contributed by atoms with Gasteiger partial charge in [-0.05, 0) is 31.0 Å². The molecule has 1 aliphatic heterocycles. The van der Waals surface area contributed by atoms with Crippen LogP contribution in [0.4, 0.5) is 5.69 Å². The quantitative estimate of drug-likeness (QED) is 0.616. The zero-order valence-corrected chi connectivity index (χ0v) is 20.5. The van der Waals surface area contributed by atoms with E-state index in [0.717, 1.165) is 4.31 Å². The molecule has 0 radical (unpaired) electrons. The molecule has 0 saturated carbocycles. The number of carbonyl (C=O) groups excluding carboxylic acids is 3. The smallest absolute Gasteiger partial charge is 0.309 e. The molecule has 0 aromatic heterocycles. The molecule has 1 N–H and O–H groups in total. The number of likely N-dealkylation sites (tertiary alicyclic amines) is 1. The second-order valence-corrected chi connectivity index (χ2v) is 11.4. The van der Waals surface area contributed by atoms with Gasteiger partial charge in [-0.15, -0.1) is 0 Å². The van der Waals surface area contributed by atoms with Crippen molar-refractivity contribution in [3.8, 4) is 0 Å². The Hall–Kier alpha value is -2.17. The van der Waals surface area contributed by atoms with Gasteiger partial charge in [-0.3, -0.25) is 14.4 Å². The molecule has 0 aliphatic carbocycles. The van der Waals surface area contributed by atoms with Gasteiger partial charge in [0.1, 0.15) is 4.90 Å². The molecule has 32 heavy (non-hydrogen) atoms. The van der Waals surface area contributed by atoms with Crippen LogP contribution in [0.5, 0.6) is 0 Å². The largest absolute Gasteiger partial charge is 0.455 e. The Bertz CT molecular complexity index is 980. The minimum absolute atomic E-state index is 0.0272. The second-order valence-electron chi connectivity index (χ2n) is 8.90. The summed E-state index contributed by atoms with van der Waals surface area (Å²) in [7, 11) is -1.04. The van der Waals surface area contributed by atoms with Crippen molar-refractivity contribution in [2.75, 3.05) is 39.1 Å². The van der Waals surface area contributed by atoms with E-state index in [1.807, 2.05) is 20.8 Å². The number of rotatable bonds is 6. The van der Waals surface area contributed by atoms with Gasteiger partial charge in [0, 0.05) is 38.3 Å². The zero-order chi connectivity index (χ0) is 24.3. The first-order valence-corrected chi connectivity index (χ1v) is 12.0. The standard InChI is InChI=1S/C21H30ClN3O6S/c1-21(2,3)20(28)25-10-8-14(9-11-25)19(27)31-13-18(26)23-15-6-7-16(22)17(12-15)32(29,30)24(4)5/h6-7,12,14H,8-11,13H2,1-5H3,(H,23,26). The highest BCUT2D eigenvalue weighted by Gasteiger charge is 2.33. The molecule has 1 aromatic carbocycles. The van der Waals surface area contributed by atoms with E-state index in [9.17, 15) is 22.8 Å². The molecule has 1 fully saturated rings. The number of sulfonamides is 1. The fourth-order valence-electron chi connectivity index (χ4n) is 3.22. The highest BCUT2D eigenvalue weighted by Crippen LogP contribution is 2.27. The third-order valence-corrected chi connectivity index (χ3v) is 7.37. The Balaban J connectivity index is 1.89. The topological polar surface area (TPSA) is 113 Å². The third-order valence-electron chi connectivity index (χ3n) is 5.08. The van der Waals surface area contributed by atoms with Gasteiger partial charge in [0.05, 0.1) is 10.9 Å². The highest BCUT2D eigenvalue weighted by molar-refractivity contribution is 7.89. The zero-order valence-electron chi connectivity index (χ0n) is 19.0. The Kier molecular flexibility index (Phi) is 8.30. The monoisotopic (exact) mass is 487 g/mol. The molecule has 9 nitrogen and oxygen atoms in total. The van der Waals surface area contributed by atoms with Crippen LogP contribution in [-0.4, -0.2) is 69.2 Å². The number of ether oxygens (including phenoxy) is 1. The molecular formula is C21H30ClN3O6S. The van der Waals surface area contributed by atoms with Gasteiger partial charge in [0.25, 0.3) is 5.91 Å². The predicted octanol–water partition coefficient (Wildman–Crippen LogP) is 2.36. The molecule has 0 unspecified atom stereocenters. The van der Waals surface area contributed by atoms with E-state index in [1.165, 1.54) is 32.3 Å². The van der Waals surface area contributed by atoms with Crippen molar-refractivity contribution in [2.24, 2.45) is 11.3 Å². The van der Waals surface area contributed by atoms with E-state index in [2.05, 4.69) is 5.32 Å². The van der Waals surface area contributed by atoms with Crippen molar-refractivity contribution in [3.63, 3.8) is 0 Å². The van der Waals surface area contributed by atoms with E-state index in [0.29, 0.717) is 25.9 Å². The number of nitrogens with zero attached hydrogens (tertiary/aromatic N) is 2. The Morgan fingerprint density at radius 3 is 2.31 bits per heavy atom. The lowest BCUT2D eigenvalue weighted by atomic mass is 9.91. The van der Waals surface area contributed by atoms with Crippen molar-refractivity contribution in [2.45, 2.75) is 38.5 Å². The van der Waals surface area contributed by atoms with Crippen LogP contribution < -0.4 is 5.32 Å². The lowest BCUT2D eigenvalue weighted by Gasteiger charge is -2.34. The number of amides is 2. The van der Waals surface area contributed by atoms with Crippen molar-refractivity contribution in [3.05, 3.63) is 23.2 Å². The predicted molar refractivity (Wildman–Crippen MR) is 121 cm³/mol. The average molecular weight is 488 g/mol. The van der Waals surface area contributed by atoms with Crippen LogP contribution in [0.2, 0.25) is 5.02 Å². The molecule has 1 saturated heterocycles. The van der Waals surface area contributed by atoms with Crippen molar-refractivity contribution in [1.29, 1.82) is 0 Å². The van der Waals surface area contributed by atoms with E-state index >= 15 is 0 Å². The summed E-state index contributed by atoms with van der Waals surface area (Å²) in [6.07, 6.45) is 0.955. The first kappa shape index (κ1) is 26.1. The summed E-state index contributed by atoms with van der Waals surface area (Å²) in [5.41, 5.74) is -0.261. The van der Waals surface area contributed by atoms with Crippen molar-refractivity contribution >= 4 is 45.1 Å². The number of halogens is 1. The lowest BCUT2D eigenvalue weighted by molar-refractivity contribution is -0.155. The summed E-state index contributed by atoms with van der Waals surface area (Å²) in [6, 6.07) is 4.07. The molecule has 0 bridgehead atoms. The maximum absolute atomic E-state index is 12.3. The van der Waals surface area contributed by atoms with Crippen LogP contribution in [0.3, 0.4) is 0 Å². The summed E-state index contributed by atoms with van der Waals surface area (Å²) in [5, 5.41) is 2.53. The van der Waals surface area contributed by atoms with Crippen LogP contribution in [-0.2, 0) is 29.1 Å². The summed E-state index contributed by atoms with van der Waals surface area (Å²) >= 11 is 5.99. The van der Waals surface area contributed by atoms with E-state index in [4.69, 9.17) is 16.3 Å². The number of esters is 1. The number of benzene rings is 1. The number of carbonyl (C=O) groups is 3. The van der Waals surface area contributed by atoms with Crippen molar-refractivity contribution in [1.82, 2.24) is 9.21 Å². The summed E-state index contributed by atoms with van der Waals surface area (Å²) < 4.78 is 30.8. The molecule has 2 amide bonds. The fourth-order valence-corrected chi connectivity index (χ4v) is 4.61. The average Bonchev–Trinajstić information content (AvgIpc) is 2.72. The number of nitrogens with one attached hydrogen (secondary N) is 1. The number of hydrogen-bond acceptors (Lipinski definition) is 6. The number of hydrogen-bond donors (Lipinski definition) is 1. The van der Waals surface area contributed by atoms with Gasteiger partial charge in [-0.2, -0.15) is 0 Å². The molecule has 1 aromatic rings. The van der Waals surface area contributed by atoms with Crippen molar-refractivity contribution < 1.29 is 27.5 Å².